The lowest BCUT2D eigenvalue weighted by Gasteiger charge is -2.17. The second-order valence-electron chi connectivity index (χ2n) is 4.38. The summed E-state index contributed by atoms with van der Waals surface area (Å²) in [4.78, 5) is 0. The van der Waals surface area contributed by atoms with Gasteiger partial charge in [-0.15, -0.1) is 0 Å². The van der Waals surface area contributed by atoms with Crippen molar-refractivity contribution in [3.63, 3.8) is 0 Å². The molecule has 2 aromatic rings. The fourth-order valence-corrected chi connectivity index (χ4v) is 2.34. The van der Waals surface area contributed by atoms with Crippen LogP contribution in [-0.4, -0.2) is 16.3 Å². The molecule has 2 rings (SSSR count). The second-order valence-corrected chi connectivity index (χ2v) is 5.30. The van der Waals surface area contributed by atoms with Crippen molar-refractivity contribution >= 4 is 15.9 Å². The molecule has 3 nitrogen and oxygen atoms in total. The molecule has 1 unspecified atom stereocenters. The van der Waals surface area contributed by atoms with E-state index in [9.17, 15) is 5.11 Å². The number of nitrogens with zero attached hydrogens (tertiary/aromatic N) is 1. The predicted molar refractivity (Wildman–Crippen MR) is 77.2 cm³/mol. The van der Waals surface area contributed by atoms with Crippen molar-refractivity contribution in [3.8, 4) is 0 Å². The van der Waals surface area contributed by atoms with Crippen molar-refractivity contribution < 1.29 is 5.11 Å². The summed E-state index contributed by atoms with van der Waals surface area (Å²) in [6.07, 6.45) is -0.524. The molecule has 4 heteroatoms. The molecule has 0 spiro atoms. The summed E-state index contributed by atoms with van der Waals surface area (Å²) in [6.45, 7) is 4.55. The molecule has 18 heavy (non-hydrogen) atoms. The third kappa shape index (κ3) is 2.94. The Bertz CT molecular complexity index is 517. The highest BCUT2D eigenvalue weighted by atomic mass is 79.9. The molecular weight excluding hydrogens is 292 g/mol. The van der Waals surface area contributed by atoms with E-state index in [0.29, 0.717) is 6.54 Å². The minimum absolute atomic E-state index is 0.479. The Morgan fingerprint density at radius 1 is 1.22 bits per heavy atom. The molecule has 1 heterocycles. The van der Waals surface area contributed by atoms with E-state index >= 15 is 0 Å². The van der Waals surface area contributed by atoms with Crippen molar-refractivity contribution in [1.29, 1.82) is 0 Å². The lowest BCUT2D eigenvalue weighted by atomic mass is 10.1. The SMILES string of the molecule is Cc1ccc(C)n1NCC(O)c1cccc(Br)c1. The molecule has 0 aliphatic carbocycles. The van der Waals surface area contributed by atoms with E-state index < -0.39 is 6.10 Å². The van der Waals surface area contributed by atoms with Crippen LogP contribution in [0, 0.1) is 13.8 Å². The molecule has 0 amide bonds. The lowest BCUT2D eigenvalue weighted by Crippen LogP contribution is -2.23. The van der Waals surface area contributed by atoms with Crippen LogP contribution < -0.4 is 5.43 Å². The summed E-state index contributed by atoms with van der Waals surface area (Å²) in [5.74, 6) is 0. The summed E-state index contributed by atoms with van der Waals surface area (Å²) in [6, 6.07) is 11.8. The van der Waals surface area contributed by atoms with Gasteiger partial charge in [0.1, 0.15) is 0 Å². The molecule has 1 atom stereocenters. The molecule has 0 radical (unpaired) electrons. The number of aliphatic hydroxyl groups is 1. The molecule has 0 fully saturated rings. The smallest absolute Gasteiger partial charge is 0.0978 e. The van der Waals surface area contributed by atoms with Gasteiger partial charge in [-0.1, -0.05) is 28.1 Å². The minimum atomic E-state index is -0.524. The summed E-state index contributed by atoms with van der Waals surface area (Å²) in [7, 11) is 0. The first kappa shape index (κ1) is 13.2. The molecule has 0 aliphatic heterocycles. The Hall–Kier alpha value is -1.26. The third-order valence-corrected chi connectivity index (χ3v) is 3.44. The Kier molecular flexibility index (Phi) is 4.09. The molecule has 1 aromatic heterocycles. The first-order valence-electron chi connectivity index (χ1n) is 5.90. The van der Waals surface area contributed by atoms with Crippen molar-refractivity contribution in [2.45, 2.75) is 20.0 Å². The van der Waals surface area contributed by atoms with Crippen molar-refractivity contribution in [3.05, 3.63) is 57.8 Å². The number of aryl methyl sites for hydroxylation is 2. The zero-order chi connectivity index (χ0) is 13.1. The number of hydrogen-bond donors (Lipinski definition) is 2. The zero-order valence-corrected chi connectivity index (χ0v) is 12.1. The fourth-order valence-electron chi connectivity index (χ4n) is 1.93. The second kappa shape index (κ2) is 5.59. The van der Waals surface area contributed by atoms with Gasteiger partial charge in [-0.25, -0.2) is 0 Å². The van der Waals surface area contributed by atoms with Gasteiger partial charge in [0.05, 0.1) is 12.6 Å². The predicted octanol–water partition coefficient (Wildman–Crippen LogP) is 3.14. The zero-order valence-electron chi connectivity index (χ0n) is 10.5. The van der Waals surface area contributed by atoms with Gasteiger partial charge < -0.3 is 10.5 Å². The van der Waals surface area contributed by atoms with Crippen LogP contribution in [0.5, 0.6) is 0 Å². The van der Waals surface area contributed by atoms with Crippen molar-refractivity contribution in [2.75, 3.05) is 12.0 Å². The third-order valence-electron chi connectivity index (χ3n) is 2.95. The number of halogens is 1. The molecular formula is C14H17BrN2O. The van der Waals surface area contributed by atoms with Gasteiger partial charge in [0.25, 0.3) is 0 Å². The number of nitrogens with one attached hydrogen (secondary N) is 1. The maximum absolute atomic E-state index is 10.1. The monoisotopic (exact) mass is 308 g/mol. The van der Waals surface area contributed by atoms with Gasteiger partial charge in [0.2, 0.25) is 0 Å². The number of aromatic nitrogens is 1. The largest absolute Gasteiger partial charge is 0.386 e. The lowest BCUT2D eigenvalue weighted by molar-refractivity contribution is 0.188. The van der Waals surface area contributed by atoms with Gasteiger partial charge in [-0.2, -0.15) is 0 Å². The number of benzene rings is 1. The summed E-state index contributed by atoms with van der Waals surface area (Å²) < 4.78 is 2.97. The first-order chi connectivity index (χ1) is 8.58. The van der Waals surface area contributed by atoms with E-state index in [4.69, 9.17) is 0 Å². The minimum Gasteiger partial charge on any atom is -0.386 e. The van der Waals surface area contributed by atoms with E-state index in [-0.39, 0.29) is 0 Å². The molecule has 0 saturated carbocycles. The standard InChI is InChI=1S/C14H17BrN2O/c1-10-6-7-11(2)17(10)16-9-14(18)12-4-3-5-13(15)8-12/h3-8,14,16,18H,9H2,1-2H3. The van der Waals surface area contributed by atoms with Crippen LogP contribution in [0.3, 0.4) is 0 Å². The highest BCUT2D eigenvalue weighted by molar-refractivity contribution is 9.10. The van der Waals surface area contributed by atoms with Crippen LogP contribution >= 0.6 is 15.9 Å². The normalized spacial score (nSPS) is 12.4. The van der Waals surface area contributed by atoms with Crippen LogP contribution in [0.25, 0.3) is 0 Å². The van der Waals surface area contributed by atoms with Crippen LogP contribution in [0.4, 0.5) is 0 Å². The highest BCUT2D eigenvalue weighted by Gasteiger charge is 2.08. The van der Waals surface area contributed by atoms with Gasteiger partial charge in [0, 0.05) is 15.9 Å². The van der Waals surface area contributed by atoms with Gasteiger partial charge >= 0.3 is 0 Å². The number of rotatable bonds is 4. The van der Waals surface area contributed by atoms with Crippen molar-refractivity contribution in [2.24, 2.45) is 0 Å². The molecule has 0 aliphatic rings. The van der Waals surface area contributed by atoms with E-state index in [0.717, 1.165) is 21.4 Å². The number of hydrogen-bond acceptors (Lipinski definition) is 2. The number of aliphatic hydroxyl groups excluding tert-OH is 1. The average Bonchev–Trinajstić information content (AvgIpc) is 2.66. The quantitative estimate of drug-likeness (QED) is 0.910. The van der Waals surface area contributed by atoms with Crippen LogP contribution in [-0.2, 0) is 0 Å². The summed E-state index contributed by atoms with van der Waals surface area (Å²) in [5, 5.41) is 10.1. The maximum atomic E-state index is 10.1. The van der Waals surface area contributed by atoms with E-state index in [1.807, 2.05) is 54.9 Å². The van der Waals surface area contributed by atoms with Crippen molar-refractivity contribution in [1.82, 2.24) is 4.68 Å². The molecule has 1 aromatic carbocycles. The highest BCUT2D eigenvalue weighted by Crippen LogP contribution is 2.18. The summed E-state index contributed by atoms with van der Waals surface area (Å²) in [5.41, 5.74) is 6.40. The van der Waals surface area contributed by atoms with Crippen LogP contribution in [0.2, 0.25) is 0 Å². The van der Waals surface area contributed by atoms with E-state index in [1.165, 1.54) is 0 Å². The topological polar surface area (TPSA) is 37.2 Å². The summed E-state index contributed by atoms with van der Waals surface area (Å²) >= 11 is 3.41. The van der Waals surface area contributed by atoms with Crippen LogP contribution in [0.1, 0.15) is 23.1 Å². The van der Waals surface area contributed by atoms with E-state index in [1.54, 1.807) is 0 Å². The average molecular weight is 309 g/mol. The maximum Gasteiger partial charge on any atom is 0.0978 e. The van der Waals surface area contributed by atoms with E-state index in [2.05, 4.69) is 21.4 Å². The Morgan fingerprint density at radius 2 is 1.89 bits per heavy atom. The Balaban J connectivity index is 2.02. The first-order valence-corrected chi connectivity index (χ1v) is 6.69. The fraction of sp³-hybridized carbons (Fsp3) is 0.286. The van der Waals surface area contributed by atoms with Gasteiger partial charge in [-0.3, -0.25) is 4.68 Å². The van der Waals surface area contributed by atoms with Gasteiger partial charge in [0.15, 0.2) is 0 Å². The van der Waals surface area contributed by atoms with Crippen LogP contribution in [0.15, 0.2) is 40.9 Å². The Labute approximate surface area is 116 Å². The molecule has 0 bridgehead atoms. The molecule has 96 valence electrons. The van der Waals surface area contributed by atoms with Gasteiger partial charge in [-0.05, 0) is 43.7 Å². The Morgan fingerprint density at radius 3 is 2.50 bits per heavy atom. The molecule has 2 N–H and O–H groups in total. The molecule has 0 saturated heterocycles.